The molecule has 0 aromatic heterocycles. The molecule has 2 aliphatic rings. The third-order valence-corrected chi connectivity index (χ3v) is 4.19. The van der Waals surface area contributed by atoms with Crippen molar-refractivity contribution in [2.24, 2.45) is 0 Å². The molecule has 1 aromatic carbocycles. The Morgan fingerprint density at radius 2 is 1.94 bits per heavy atom. The Balaban J connectivity index is 1.59. The highest BCUT2D eigenvalue weighted by Crippen LogP contribution is 2.26. The topological polar surface area (TPSA) is 32.3 Å². The SMILES string of the molecule is OC(CCNC1CC1)c1ccc2c(c1)CCCC2. The molecule has 0 spiro atoms. The predicted molar refractivity (Wildman–Crippen MR) is 73.7 cm³/mol. The molecule has 0 aliphatic heterocycles. The lowest BCUT2D eigenvalue weighted by molar-refractivity contribution is 0.166. The van der Waals surface area contributed by atoms with Crippen molar-refractivity contribution < 1.29 is 5.11 Å². The third kappa shape index (κ3) is 2.93. The fourth-order valence-electron chi connectivity index (χ4n) is 2.84. The van der Waals surface area contributed by atoms with Crippen LogP contribution in [0.2, 0.25) is 0 Å². The zero-order valence-corrected chi connectivity index (χ0v) is 11.0. The van der Waals surface area contributed by atoms with Gasteiger partial charge in [0.2, 0.25) is 0 Å². The van der Waals surface area contributed by atoms with Gasteiger partial charge in [-0.05, 0) is 68.2 Å². The quantitative estimate of drug-likeness (QED) is 0.836. The number of rotatable bonds is 5. The van der Waals surface area contributed by atoms with Gasteiger partial charge in [-0.15, -0.1) is 0 Å². The lowest BCUT2D eigenvalue weighted by atomic mass is 9.89. The van der Waals surface area contributed by atoms with Crippen molar-refractivity contribution in [3.05, 3.63) is 34.9 Å². The maximum atomic E-state index is 10.2. The third-order valence-electron chi connectivity index (χ3n) is 4.19. The number of aryl methyl sites for hydroxylation is 2. The van der Waals surface area contributed by atoms with Gasteiger partial charge >= 0.3 is 0 Å². The Bertz CT molecular complexity index is 412. The summed E-state index contributed by atoms with van der Waals surface area (Å²) in [5.74, 6) is 0. The van der Waals surface area contributed by atoms with Gasteiger partial charge in [0.15, 0.2) is 0 Å². The van der Waals surface area contributed by atoms with Crippen LogP contribution in [0.5, 0.6) is 0 Å². The number of aliphatic hydroxyl groups is 1. The number of hydrogen-bond donors (Lipinski definition) is 2. The zero-order valence-electron chi connectivity index (χ0n) is 11.0. The van der Waals surface area contributed by atoms with Crippen LogP contribution in [-0.4, -0.2) is 17.7 Å². The van der Waals surface area contributed by atoms with E-state index in [2.05, 4.69) is 23.5 Å². The first-order valence-corrected chi connectivity index (χ1v) is 7.36. The molecule has 1 aromatic rings. The largest absolute Gasteiger partial charge is 0.388 e. The molecular formula is C16H23NO. The summed E-state index contributed by atoms with van der Waals surface area (Å²) in [5.41, 5.74) is 4.06. The molecule has 0 saturated heterocycles. The fourth-order valence-corrected chi connectivity index (χ4v) is 2.84. The first-order valence-electron chi connectivity index (χ1n) is 7.36. The van der Waals surface area contributed by atoms with E-state index in [-0.39, 0.29) is 6.10 Å². The molecular weight excluding hydrogens is 222 g/mol. The van der Waals surface area contributed by atoms with Crippen molar-refractivity contribution in [1.29, 1.82) is 0 Å². The van der Waals surface area contributed by atoms with Crippen LogP contribution in [-0.2, 0) is 12.8 Å². The van der Waals surface area contributed by atoms with E-state index in [1.54, 1.807) is 0 Å². The van der Waals surface area contributed by atoms with E-state index in [0.717, 1.165) is 24.6 Å². The number of fused-ring (bicyclic) bond motifs is 1. The van der Waals surface area contributed by atoms with Crippen LogP contribution in [0.1, 0.15) is 54.9 Å². The van der Waals surface area contributed by atoms with Gasteiger partial charge in [-0.3, -0.25) is 0 Å². The van der Waals surface area contributed by atoms with Crippen LogP contribution in [0.4, 0.5) is 0 Å². The van der Waals surface area contributed by atoms with Crippen molar-refractivity contribution in [2.75, 3.05) is 6.54 Å². The summed E-state index contributed by atoms with van der Waals surface area (Å²) in [6.45, 7) is 0.933. The van der Waals surface area contributed by atoms with Crippen molar-refractivity contribution >= 4 is 0 Å². The fraction of sp³-hybridized carbons (Fsp3) is 0.625. The summed E-state index contributed by atoms with van der Waals surface area (Å²) in [6, 6.07) is 7.31. The van der Waals surface area contributed by atoms with Crippen LogP contribution in [0, 0.1) is 0 Å². The molecule has 2 aliphatic carbocycles. The minimum absolute atomic E-state index is 0.302. The van der Waals surface area contributed by atoms with Crippen molar-refractivity contribution in [3.63, 3.8) is 0 Å². The highest BCUT2D eigenvalue weighted by molar-refractivity contribution is 5.34. The molecule has 1 atom stereocenters. The highest BCUT2D eigenvalue weighted by Gasteiger charge is 2.20. The van der Waals surface area contributed by atoms with Gasteiger partial charge in [-0.2, -0.15) is 0 Å². The summed E-state index contributed by atoms with van der Waals surface area (Å²) < 4.78 is 0. The van der Waals surface area contributed by atoms with Crippen LogP contribution in [0.3, 0.4) is 0 Å². The summed E-state index contributed by atoms with van der Waals surface area (Å²) in [5, 5.41) is 13.7. The van der Waals surface area contributed by atoms with Crippen LogP contribution >= 0.6 is 0 Å². The van der Waals surface area contributed by atoms with E-state index in [1.165, 1.54) is 49.7 Å². The van der Waals surface area contributed by atoms with Gasteiger partial charge < -0.3 is 10.4 Å². The molecule has 2 N–H and O–H groups in total. The second-order valence-corrected chi connectivity index (χ2v) is 5.77. The van der Waals surface area contributed by atoms with Gasteiger partial charge in [0.1, 0.15) is 0 Å². The summed E-state index contributed by atoms with van der Waals surface area (Å²) in [6.07, 6.45) is 8.18. The van der Waals surface area contributed by atoms with Gasteiger partial charge in [-0.1, -0.05) is 18.2 Å². The Morgan fingerprint density at radius 3 is 2.72 bits per heavy atom. The highest BCUT2D eigenvalue weighted by atomic mass is 16.3. The molecule has 2 nitrogen and oxygen atoms in total. The van der Waals surface area contributed by atoms with Crippen molar-refractivity contribution in [2.45, 2.75) is 57.1 Å². The molecule has 3 rings (SSSR count). The second kappa shape index (κ2) is 5.41. The monoisotopic (exact) mass is 245 g/mol. The smallest absolute Gasteiger partial charge is 0.0802 e. The van der Waals surface area contributed by atoms with Crippen LogP contribution in [0.25, 0.3) is 0 Å². The standard InChI is InChI=1S/C16H23NO/c18-16(9-10-17-15-7-8-15)14-6-5-12-3-1-2-4-13(12)11-14/h5-6,11,15-18H,1-4,7-10H2. The molecule has 1 fully saturated rings. The summed E-state index contributed by atoms with van der Waals surface area (Å²) in [4.78, 5) is 0. The molecule has 1 unspecified atom stereocenters. The van der Waals surface area contributed by atoms with E-state index in [4.69, 9.17) is 0 Å². The van der Waals surface area contributed by atoms with Crippen molar-refractivity contribution in [1.82, 2.24) is 5.32 Å². The van der Waals surface area contributed by atoms with Crippen LogP contribution in [0.15, 0.2) is 18.2 Å². The second-order valence-electron chi connectivity index (χ2n) is 5.77. The Morgan fingerprint density at radius 1 is 1.17 bits per heavy atom. The molecule has 18 heavy (non-hydrogen) atoms. The first kappa shape index (κ1) is 12.2. The van der Waals surface area contributed by atoms with Gasteiger partial charge in [-0.25, -0.2) is 0 Å². The van der Waals surface area contributed by atoms with E-state index in [0.29, 0.717) is 0 Å². The molecule has 0 amide bonds. The minimum Gasteiger partial charge on any atom is -0.388 e. The van der Waals surface area contributed by atoms with Gasteiger partial charge in [0.25, 0.3) is 0 Å². The summed E-state index contributed by atoms with van der Waals surface area (Å²) >= 11 is 0. The number of benzene rings is 1. The zero-order chi connectivity index (χ0) is 12.4. The van der Waals surface area contributed by atoms with E-state index < -0.39 is 0 Å². The Labute approximate surface area is 109 Å². The predicted octanol–water partition coefficient (Wildman–Crippen LogP) is 2.74. The number of nitrogens with one attached hydrogen (secondary N) is 1. The maximum absolute atomic E-state index is 10.2. The van der Waals surface area contributed by atoms with Gasteiger partial charge in [0.05, 0.1) is 6.10 Å². The molecule has 0 heterocycles. The van der Waals surface area contributed by atoms with Gasteiger partial charge in [0, 0.05) is 6.04 Å². The van der Waals surface area contributed by atoms with E-state index in [1.807, 2.05) is 0 Å². The van der Waals surface area contributed by atoms with E-state index >= 15 is 0 Å². The minimum atomic E-state index is -0.302. The Hall–Kier alpha value is -0.860. The molecule has 2 heteroatoms. The molecule has 0 radical (unpaired) electrons. The Kier molecular flexibility index (Phi) is 3.67. The van der Waals surface area contributed by atoms with Crippen molar-refractivity contribution in [3.8, 4) is 0 Å². The average molecular weight is 245 g/mol. The normalized spacial score (nSPS) is 20.5. The molecule has 1 saturated carbocycles. The first-order chi connectivity index (χ1) is 8.83. The average Bonchev–Trinajstić information content (AvgIpc) is 3.22. The van der Waals surface area contributed by atoms with E-state index in [9.17, 15) is 5.11 Å². The lowest BCUT2D eigenvalue weighted by Gasteiger charge is -2.19. The number of hydrogen-bond acceptors (Lipinski definition) is 2. The summed E-state index contributed by atoms with van der Waals surface area (Å²) in [7, 11) is 0. The lowest BCUT2D eigenvalue weighted by Crippen LogP contribution is -2.19. The number of aliphatic hydroxyl groups excluding tert-OH is 1. The van der Waals surface area contributed by atoms with Crippen LogP contribution < -0.4 is 5.32 Å². The molecule has 98 valence electrons. The molecule has 0 bridgehead atoms. The maximum Gasteiger partial charge on any atom is 0.0802 e.